The van der Waals surface area contributed by atoms with Crippen molar-refractivity contribution in [3.63, 3.8) is 0 Å². The van der Waals surface area contributed by atoms with Gasteiger partial charge in [-0.2, -0.15) is 0 Å². The van der Waals surface area contributed by atoms with Crippen molar-refractivity contribution in [3.8, 4) is 11.6 Å². The summed E-state index contributed by atoms with van der Waals surface area (Å²) in [4.78, 5) is 18.7. The van der Waals surface area contributed by atoms with Gasteiger partial charge in [-0.05, 0) is 12.1 Å². The summed E-state index contributed by atoms with van der Waals surface area (Å²) in [5.74, 6) is 1.15. The summed E-state index contributed by atoms with van der Waals surface area (Å²) < 4.78 is 5.77. The standard InChI is InChI=1S/C15H13N5O2/c16-11-5-6-12(10-4-2-1-3-9(10)11)22-14-7-13(18-8-19-14)20-15(17)21/h1-8H,16H2,(H3,17,18,19,20,21). The molecule has 0 saturated carbocycles. The number of anilines is 2. The van der Waals surface area contributed by atoms with E-state index in [1.54, 1.807) is 12.1 Å². The van der Waals surface area contributed by atoms with E-state index in [-0.39, 0.29) is 11.7 Å². The normalized spacial score (nSPS) is 10.4. The number of nitrogen functional groups attached to an aromatic ring is 1. The van der Waals surface area contributed by atoms with Gasteiger partial charge in [0.15, 0.2) is 0 Å². The molecule has 5 N–H and O–H groups in total. The van der Waals surface area contributed by atoms with Gasteiger partial charge < -0.3 is 16.2 Å². The smallest absolute Gasteiger partial charge is 0.317 e. The van der Waals surface area contributed by atoms with Crippen LogP contribution in [0.5, 0.6) is 11.6 Å². The summed E-state index contributed by atoms with van der Waals surface area (Å²) in [5, 5.41) is 4.12. The number of carbonyl (C=O) groups excluding carboxylic acids is 1. The van der Waals surface area contributed by atoms with E-state index in [4.69, 9.17) is 16.2 Å². The van der Waals surface area contributed by atoms with E-state index >= 15 is 0 Å². The largest absolute Gasteiger partial charge is 0.438 e. The van der Waals surface area contributed by atoms with Crippen LogP contribution in [0.4, 0.5) is 16.3 Å². The van der Waals surface area contributed by atoms with Crippen molar-refractivity contribution in [1.29, 1.82) is 0 Å². The number of nitrogens with one attached hydrogen (secondary N) is 1. The molecule has 0 bridgehead atoms. The number of fused-ring (bicyclic) bond motifs is 1. The number of nitrogens with zero attached hydrogens (tertiary/aromatic N) is 2. The van der Waals surface area contributed by atoms with Crippen LogP contribution in [0.25, 0.3) is 10.8 Å². The summed E-state index contributed by atoms with van der Waals surface area (Å²) in [5.41, 5.74) is 11.7. The lowest BCUT2D eigenvalue weighted by Crippen LogP contribution is -2.20. The van der Waals surface area contributed by atoms with Gasteiger partial charge in [0.2, 0.25) is 5.88 Å². The fraction of sp³-hybridized carbons (Fsp3) is 0. The minimum Gasteiger partial charge on any atom is -0.438 e. The van der Waals surface area contributed by atoms with E-state index in [2.05, 4.69) is 15.3 Å². The number of primary amides is 1. The predicted molar refractivity (Wildman–Crippen MR) is 83.7 cm³/mol. The summed E-state index contributed by atoms with van der Waals surface area (Å²) in [6.45, 7) is 0. The molecule has 0 spiro atoms. The molecule has 3 rings (SSSR count). The average molecular weight is 295 g/mol. The number of ether oxygens (including phenoxy) is 1. The summed E-state index contributed by atoms with van der Waals surface area (Å²) in [6, 6.07) is 11.9. The number of aromatic nitrogens is 2. The van der Waals surface area contributed by atoms with Crippen LogP contribution in [-0.2, 0) is 0 Å². The van der Waals surface area contributed by atoms with Crippen molar-refractivity contribution >= 4 is 28.3 Å². The first-order valence-electron chi connectivity index (χ1n) is 6.47. The van der Waals surface area contributed by atoms with Crippen LogP contribution in [0, 0.1) is 0 Å². The van der Waals surface area contributed by atoms with Crippen LogP contribution in [0.15, 0.2) is 48.8 Å². The second-order valence-electron chi connectivity index (χ2n) is 4.53. The van der Waals surface area contributed by atoms with Gasteiger partial charge in [-0.1, -0.05) is 24.3 Å². The zero-order valence-corrected chi connectivity index (χ0v) is 11.5. The zero-order chi connectivity index (χ0) is 15.5. The Bertz CT molecular complexity index is 850. The third kappa shape index (κ3) is 2.73. The number of amides is 2. The first-order valence-corrected chi connectivity index (χ1v) is 6.47. The maximum atomic E-state index is 10.8. The van der Waals surface area contributed by atoms with Gasteiger partial charge in [0.05, 0.1) is 0 Å². The van der Waals surface area contributed by atoms with Gasteiger partial charge in [-0.25, -0.2) is 14.8 Å². The fourth-order valence-corrected chi connectivity index (χ4v) is 2.09. The predicted octanol–water partition coefficient (Wildman–Crippen LogP) is 2.49. The van der Waals surface area contributed by atoms with Gasteiger partial charge in [0, 0.05) is 22.5 Å². The number of nitrogens with two attached hydrogens (primary N) is 2. The SMILES string of the molecule is NC(=O)Nc1cc(Oc2ccc(N)c3ccccc23)ncn1. The Morgan fingerprint density at radius 2 is 1.86 bits per heavy atom. The molecule has 2 aromatic carbocycles. The molecule has 7 heteroatoms. The van der Waals surface area contributed by atoms with Crippen molar-refractivity contribution in [2.45, 2.75) is 0 Å². The molecule has 7 nitrogen and oxygen atoms in total. The molecule has 3 aromatic rings. The third-order valence-corrected chi connectivity index (χ3v) is 3.03. The fourth-order valence-electron chi connectivity index (χ4n) is 2.09. The Morgan fingerprint density at radius 1 is 1.09 bits per heavy atom. The van der Waals surface area contributed by atoms with E-state index in [9.17, 15) is 4.79 Å². The van der Waals surface area contributed by atoms with Crippen LogP contribution in [0.3, 0.4) is 0 Å². The quantitative estimate of drug-likeness (QED) is 0.642. The lowest BCUT2D eigenvalue weighted by Gasteiger charge is -2.10. The Kier molecular flexibility index (Phi) is 3.45. The number of urea groups is 1. The summed E-state index contributed by atoms with van der Waals surface area (Å²) >= 11 is 0. The number of carbonyl (C=O) groups is 1. The van der Waals surface area contributed by atoms with Crippen molar-refractivity contribution in [2.24, 2.45) is 5.73 Å². The van der Waals surface area contributed by atoms with E-state index in [0.29, 0.717) is 11.4 Å². The summed E-state index contributed by atoms with van der Waals surface area (Å²) in [6.07, 6.45) is 1.28. The Balaban J connectivity index is 1.97. The molecule has 1 aromatic heterocycles. The van der Waals surface area contributed by atoms with E-state index < -0.39 is 6.03 Å². The molecule has 0 aliphatic heterocycles. The first-order chi connectivity index (χ1) is 10.6. The highest BCUT2D eigenvalue weighted by Gasteiger charge is 2.08. The third-order valence-electron chi connectivity index (χ3n) is 3.03. The number of benzene rings is 2. The molecule has 1 heterocycles. The lowest BCUT2D eigenvalue weighted by molar-refractivity contribution is 0.259. The van der Waals surface area contributed by atoms with Crippen LogP contribution in [0.2, 0.25) is 0 Å². The van der Waals surface area contributed by atoms with E-state index in [1.165, 1.54) is 12.4 Å². The maximum Gasteiger partial charge on any atom is 0.317 e. The van der Waals surface area contributed by atoms with Crippen molar-refractivity contribution in [1.82, 2.24) is 9.97 Å². The molecule has 22 heavy (non-hydrogen) atoms. The van der Waals surface area contributed by atoms with Crippen molar-refractivity contribution in [3.05, 3.63) is 48.8 Å². The van der Waals surface area contributed by atoms with Gasteiger partial charge in [-0.3, -0.25) is 5.32 Å². The van der Waals surface area contributed by atoms with Crippen LogP contribution in [0.1, 0.15) is 0 Å². The van der Waals surface area contributed by atoms with Gasteiger partial charge >= 0.3 is 6.03 Å². The number of hydrogen-bond acceptors (Lipinski definition) is 5. The molecule has 0 atom stereocenters. The van der Waals surface area contributed by atoms with Gasteiger partial charge in [-0.15, -0.1) is 0 Å². The van der Waals surface area contributed by atoms with Crippen LogP contribution < -0.4 is 21.5 Å². The molecule has 0 unspecified atom stereocenters. The van der Waals surface area contributed by atoms with E-state index in [1.807, 2.05) is 24.3 Å². The van der Waals surface area contributed by atoms with E-state index in [0.717, 1.165) is 10.8 Å². The highest BCUT2D eigenvalue weighted by Crippen LogP contribution is 2.32. The van der Waals surface area contributed by atoms with Crippen LogP contribution >= 0.6 is 0 Å². The number of hydrogen-bond donors (Lipinski definition) is 3. The summed E-state index contributed by atoms with van der Waals surface area (Å²) in [7, 11) is 0. The molecular weight excluding hydrogens is 282 g/mol. The Morgan fingerprint density at radius 3 is 2.64 bits per heavy atom. The highest BCUT2D eigenvalue weighted by atomic mass is 16.5. The van der Waals surface area contributed by atoms with Gasteiger partial charge in [0.25, 0.3) is 0 Å². The maximum absolute atomic E-state index is 10.8. The minimum atomic E-state index is -0.706. The second-order valence-corrected chi connectivity index (χ2v) is 4.53. The molecule has 110 valence electrons. The van der Waals surface area contributed by atoms with Crippen molar-refractivity contribution < 1.29 is 9.53 Å². The molecule has 2 amide bonds. The molecule has 0 saturated heterocycles. The molecule has 0 fully saturated rings. The second kappa shape index (κ2) is 5.57. The molecule has 0 aliphatic rings. The molecule has 0 radical (unpaired) electrons. The highest BCUT2D eigenvalue weighted by molar-refractivity contribution is 5.97. The molecule has 0 aliphatic carbocycles. The van der Waals surface area contributed by atoms with Crippen LogP contribution in [-0.4, -0.2) is 16.0 Å². The number of rotatable bonds is 3. The van der Waals surface area contributed by atoms with Crippen molar-refractivity contribution in [2.75, 3.05) is 11.1 Å². The molecular formula is C15H13N5O2. The monoisotopic (exact) mass is 295 g/mol. The average Bonchev–Trinajstić information content (AvgIpc) is 2.50. The lowest BCUT2D eigenvalue weighted by atomic mass is 10.1. The zero-order valence-electron chi connectivity index (χ0n) is 11.5. The first kappa shape index (κ1) is 13.6. The topological polar surface area (TPSA) is 116 Å². The Labute approximate surface area is 125 Å². The minimum absolute atomic E-state index is 0.261. The Hall–Kier alpha value is -3.35. The van der Waals surface area contributed by atoms with Gasteiger partial charge in [0.1, 0.15) is 17.9 Å².